The van der Waals surface area contributed by atoms with Crippen LogP contribution in [0.2, 0.25) is 0 Å². The van der Waals surface area contributed by atoms with Crippen LogP contribution in [0, 0.1) is 0 Å². The molecule has 0 aliphatic carbocycles. The highest BCUT2D eigenvalue weighted by Gasteiger charge is 2.63. The van der Waals surface area contributed by atoms with Crippen molar-refractivity contribution in [2.24, 2.45) is 0 Å². The zero-order chi connectivity index (χ0) is 9.99. The first kappa shape index (κ1) is 11.1. The SMILES string of the molecule is CC(F)C(F)(F)C(F)(F)O[C]=O. The predicted octanol–water partition coefficient (Wildman–Crippen LogP) is 1.66. The van der Waals surface area contributed by atoms with Crippen LogP contribution in [0.1, 0.15) is 6.92 Å². The molecule has 0 rings (SSSR count). The summed E-state index contributed by atoms with van der Waals surface area (Å²) < 4.78 is 62.6. The number of carbonyl (C=O) groups excluding carboxylic acids is 1. The van der Waals surface area contributed by atoms with Crippen LogP contribution in [0.15, 0.2) is 0 Å². The molecule has 0 bridgehead atoms. The van der Waals surface area contributed by atoms with Crippen LogP contribution in [0.4, 0.5) is 22.0 Å². The Morgan fingerprint density at radius 2 is 1.75 bits per heavy atom. The van der Waals surface area contributed by atoms with Gasteiger partial charge in [0.25, 0.3) is 0 Å². The van der Waals surface area contributed by atoms with Crippen LogP contribution in [0.3, 0.4) is 0 Å². The lowest BCUT2D eigenvalue weighted by Crippen LogP contribution is -2.48. The molecule has 0 heterocycles. The molecular weight excluding hydrogens is 187 g/mol. The van der Waals surface area contributed by atoms with Crippen LogP contribution in [-0.4, -0.2) is 24.7 Å². The molecule has 1 unspecified atom stereocenters. The predicted molar refractivity (Wildman–Crippen MR) is 27.2 cm³/mol. The summed E-state index contributed by atoms with van der Waals surface area (Å²) in [5, 5.41) is 0. The third-order valence-corrected chi connectivity index (χ3v) is 1.06. The summed E-state index contributed by atoms with van der Waals surface area (Å²) in [6, 6.07) is 0. The number of hydrogen-bond acceptors (Lipinski definition) is 2. The first-order chi connectivity index (χ1) is 5.25. The van der Waals surface area contributed by atoms with E-state index in [1.165, 1.54) is 0 Å². The van der Waals surface area contributed by atoms with Crippen molar-refractivity contribution in [3.05, 3.63) is 0 Å². The summed E-state index contributed by atoms with van der Waals surface area (Å²) >= 11 is 0. The molecule has 0 amide bonds. The maximum atomic E-state index is 12.1. The number of hydrogen-bond donors (Lipinski definition) is 0. The Morgan fingerprint density at radius 1 is 1.33 bits per heavy atom. The Labute approximate surface area is 64.3 Å². The second-order valence-electron chi connectivity index (χ2n) is 1.94. The topological polar surface area (TPSA) is 26.3 Å². The third-order valence-electron chi connectivity index (χ3n) is 1.06. The van der Waals surface area contributed by atoms with Crippen LogP contribution in [0.5, 0.6) is 0 Å². The quantitative estimate of drug-likeness (QED) is 0.631. The summed E-state index contributed by atoms with van der Waals surface area (Å²) in [6.07, 6.45) is -8.29. The van der Waals surface area contributed by atoms with Gasteiger partial charge in [-0.1, -0.05) is 0 Å². The van der Waals surface area contributed by atoms with E-state index in [2.05, 4.69) is 4.74 Å². The maximum Gasteiger partial charge on any atom is 0.469 e. The summed E-state index contributed by atoms with van der Waals surface area (Å²) in [5.41, 5.74) is 0. The van der Waals surface area contributed by atoms with E-state index in [-0.39, 0.29) is 13.4 Å². The Balaban J connectivity index is 4.61. The van der Waals surface area contributed by atoms with Crippen molar-refractivity contribution in [3.63, 3.8) is 0 Å². The van der Waals surface area contributed by atoms with Crippen LogP contribution < -0.4 is 0 Å². The van der Waals surface area contributed by atoms with Gasteiger partial charge in [0.2, 0.25) is 0 Å². The van der Waals surface area contributed by atoms with E-state index in [9.17, 15) is 26.7 Å². The van der Waals surface area contributed by atoms with Crippen molar-refractivity contribution in [2.45, 2.75) is 25.1 Å². The largest absolute Gasteiger partial charge is 0.469 e. The van der Waals surface area contributed by atoms with Gasteiger partial charge in [-0.15, -0.1) is 0 Å². The highest BCUT2D eigenvalue weighted by Crippen LogP contribution is 2.38. The summed E-state index contributed by atoms with van der Waals surface area (Å²) in [7, 11) is 0. The first-order valence-electron chi connectivity index (χ1n) is 2.70. The average molecular weight is 191 g/mol. The third kappa shape index (κ3) is 1.83. The van der Waals surface area contributed by atoms with Gasteiger partial charge >= 0.3 is 18.5 Å². The molecule has 71 valence electrons. The fourth-order valence-corrected chi connectivity index (χ4v) is 0.352. The fourth-order valence-electron chi connectivity index (χ4n) is 0.352. The Bertz CT molecular complexity index is 167. The standard InChI is InChI=1S/C5H4F5O2/c1-3(6)4(7,8)5(9,10)12-2-11/h3H,1H3. The molecule has 0 saturated heterocycles. The molecule has 0 aliphatic heterocycles. The van der Waals surface area contributed by atoms with E-state index < -0.39 is 18.2 Å². The second-order valence-corrected chi connectivity index (χ2v) is 1.94. The van der Waals surface area contributed by atoms with Crippen LogP contribution in [-0.2, 0) is 9.53 Å². The van der Waals surface area contributed by atoms with Gasteiger partial charge in [0.05, 0.1) is 0 Å². The Kier molecular flexibility index (Phi) is 3.00. The van der Waals surface area contributed by atoms with Crippen LogP contribution >= 0.6 is 0 Å². The van der Waals surface area contributed by atoms with Crippen LogP contribution in [0.25, 0.3) is 0 Å². The van der Waals surface area contributed by atoms with Gasteiger partial charge in [-0.3, -0.25) is 0 Å². The van der Waals surface area contributed by atoms with Crippen molar-refractivity contribution >= 4 is 6.47 Å². The molecule has 0 aliphatic rings. The molecule has 7 heteroatoms. The van der Waals surface area contributed by atoms with E-state index >= 15 is 0 Å². The van der Waals surface area contributed by atoms with E-state index in [1.807, 2.05) is 0 Å². The molecule has 12 heavy (non-hydrogen) atoms. The summed E-state index contributed by atoms with van der Waals surface area (Å²) in [6.45, 7) is 0.347. The smallest absolute Gasteiger partial charge is 0.387 e. The molecule has 1 atom stereocenters. The summed E-state index contributed by atoms with van der Waals surface area (Å²) in [5.74, 6) is -5.04. The molecule has 0 aromatic rings. The highest BCUT2D eigenvalue weighted by atomic mass is 19.3. The monoisotopic (exact) mass is 191 g/mol. The van der Waals surface area contributed by atoms with Crippen molar-refractivity contribution in [2.75, 3.05) is 0 Å². The number of ether oxygens (including phenoxy) is 1. The number of halogens is 5. The van der Waals surface area contributed by atoms with Gasteiger partial charge in [-0.05, 0) is 6.92 Å². The summed E-state index contributed by atoms with van der Waals surface area (Å²) in [4.78, 5) is 9.21. The van der Waals surface area contributed by atoms with Gasteiger partial charge in [0, 0.05) is 0 Å². The second kappa shape index (κ2) is 3.24. The van der Waals surface area contributed by atoms with Crippen molar-refractivity contribution < 1.29 is 31.5 Å². The van der Waals surface area contributed by atoms with E-state index in [4.69, 9.17) is 0 Å². The molecular formula is C5H4F5O2. The van der Waals surface area contributed by atoms with Gasteiger partial charge in [-0.2, -0.15) is 17.6 Å². The Morgan fingerprint density at radius 3 is 2.00 bits per heavy atom. The lowest BCUT2D eigenvalue weighted by Gasteiger charge is -2.24. The molecule has 0 spiro atoms. The van der Waals surface area contributed by atoms with Gasteiger partial charge in [-0.25, -0.2) is 9.18 Å². The number of alkyl halides is 5. The zero-order valence-electron chi connectivity index (χ0n) is 5.78. The average Bonchev–Trinajstić information content (AvgIpc) is 1.86. The lowest BCUT2D eigenvalue weighted by molar-refractivity contribution is -0.331. The number of rotatable bonds is 4. The van der Waals surface area contributed by atoms with Crippen molar-refractivity contribution in [1.82, 2.24) is 0 Å². The fraction of sp³-hybridized carbons (Fsp3) is 0.800. The van der Waals surface area contributed by atoms with Gasteiger partial charge in [0.1, 0.15) is 0 Å². The molecule has 0 aromatic heterocycles. The molecule has 1 radical (unpaired) electrons. The van der Waals surface area contributed by atoms with Gasteiger partial charge < -0.3 is 4.74 Å². The molecule has 0 saturated carbocycles. The lowest BCUT2D eigenvalue weighted by atomic mass is 10.2. The maximum absolute atomic E-state index is 12.1. The van der Waals surface area contributed by atoms with E-state index in [1.54, 1.807) is 0 Å². The van der Waals surface area contributed by atoms with Gasteiger partial charge in [0.15, 0.2) is 6.17 Å². The Hall–Kier alpha value is -0.880. The normalized spacial score (nSPS) is 15.5. The molecule has 0 fully saturated rings. The minimum atomic E-state index is -5.16. The minimum absolute atomic E-state index is 0.122. The zero-order valence-corrected chi connectivity index (χ0v) is 5.78. The molecule has 0 N–H and O–H groups in total. The van der Waals surface area contributed by atoms with Crippen molar-refractivity contribution in [3.8, 4) is 0 Å². The first-order valence-corrected chi connectivity index (χ1v) is 2.70. The minimum Gasteiger partial charge on any atom is -0.387 e. The van der Waals surface area contributed by atoms with Crippen molar-refractivity contribution in [1.29, 1.82) is 0 Å². The molecule has 0 aromatic carbocycles. The van der Waals surface area contributed by atoms with E-state index in [0.717, 1.165) is 0 Å². The van der Waals surface area contributed by atoms with E-state index in [0.29, 0.717) is 0 Å². The molecule has 2 nitrogen and oxygen atoms in total. The highest BCUT2D eigenvalue weighted by molar-refractivity contribution is 5.39.